The van der Waals surface area contributed by atoms with Crippen LogP contribution in [0.25, 0.3) is 11.0 Å². The number of carbonyl (C=O) groups excluding carboxylic acids is 2. The van der Waals surface area contributed by atoms with E-state index >= 15 is 0 Å². The quantitative estimate of drug-likeness (QED) is 0.274. The monoisotopic (exact) mass is 547 g/mol. The van der Waals surface area contributed by atoms with Gasteiger partial charge in [-0.25, -0.2) is 9.18 Å². The summed E-state index contributed by atoms with van der Waals surface area (Å²) in [6, 6.07) is 17.0. The molecule has 2 amide bonds. The van der Waals surface area contributed by atoms with Crippen LogP contribution in [0.5, 0.6) is 5.75 Å². The average molecular weight is 548 g/mol. The first-order valence-electron chi connectivity index (χ1n) is 12.6. The van der Waals surface area contributed by atoms with Crippen molar-refractivity contribution in [2.45, 2.75) is 25.6 Å². The van der Waals surface area contributed by atoms with Gasteiger partial charge in [-0.05, 0) is 41.3 Å². The third kappa shape index (κ3) is 6.44. The summed E-state index contributed by atoms with van der Waals surface area (Å²) in [4.78, 5) is 44.1. The molecule has 0 bridgehead atoms. The Kier molecular flexibility index (Phi) is 8.75. The van der Waals surface area contributed by atoms with Gasteiger partial charge in [0, 0.05) is 39.8 Å². The van der Waals surface area contributed by atoms with Crippen LogP contribution in [0.4, 0.5) is 9.18 Å². The van der Waals surface area contributed by atoms with Crippen molar-refractivity contribution in [1.29, 1.82) is 0 Å². The maximum absolute atomic E-state index is 13.4. The lowest BCUT2D eigenvalue weighted by Gasteiger charge is -2.22. The Morgan fingerprint density at radius 2 is 1.82 bits per heavy atom. The fourth-order valence-electron chi connectivity index (χ4n) is 4.28. The second-order valence-electron chi connectivity index (χ2n) is 9.31. The first-order valence-corrected chi connectivity index (χ1v) is 12.6. The summed E-state index contributed by atoms with van der Waals surface area (Å²) in [7, 11) is 2.85. The second-order valence-corrected chi connectivity index (χ2v) is 9.31. The predicted molar refractivity (Wildman–Crippen MR) is 147 cm³/mol. The largest absolute Gasteiger partial charge is 0.505 e. The molecule has 0 spiro atoms. The molecular formula is C29H30FN5O5. The van der Waals surface area contributed by atoms with E-state index in [1.807, 2.05) is 30.3 Å². The van der Waals surface area contributed by atoms with Crippen LogP contribution in [0.15, 0.2) is 71.7 Å². The fourth-order valence-corrected chi connectivity index (χ4v) is 4.28. The molecule has 0 aliphatic heterocycles. The first-order chi connectivity index (χ1) is 19.2. The highest BCUT2D eigenvalue weighted by Crippen LogP contribution is 2.26. The summed E-state index contributed by atoms with van der Waals surface area (Å²) >= 11 is 0. The van der Waals surface area contributed by atoms with Crippen molar-refractivity contribution in [3.05, 3.63) is 105 Å². The molecule has 0 radical (unpaired) electrons. The van der Waals surface area contributed by atoms with Crippen molar-refractivity contribution in [3.63, 3.8) is 0 Å². The Bertz CT molecular complexity index is 1570. The van der Waals surface area contributed by atoms with Crippen LogP contribution in [-0.2, 0) is 24.1 Å². The third-order valence-corrected chi connectivity index (χ3v) is 6.41. The van der Waals surface area contributed by atoms with E-state index in [0.717, 1.165) is 11.1 Å². The molecule has 11 heteroatoms. The zero-order valence-electron chi connectivity index (χ0n) is 22.1. The molecule has 0 aliphatic rings. The van der Waals surface area contributed by atoms with Crippen molar-refractivity contribution in [3.8, 4) is 5.75 Å². The lowest BCUT2D eigenvalue weighted by Crippen LogP contribution is -2.39. The number of halogens is 1. The number of aromatic nitrogens is 2. The van der Waals surface area contributed by atoms with Gasteiger partial charge in [0.2, 0.25) is 0 Å². The van der Waals surface area contributed by atoms with Crippen LogP contribution in [-0.4, -0.2) is 58.4 Å². The number of aromatic hydroxyl groups is 1. The van der Waals surface area contributed by atoms with E-state index < -0.39 is 35.1 Å². The van der Waals surface area contributed by atoms with Gasteiger partial charge in [0.25, 0.3) is 11.5 Å². The van der Waals surface area contributed by atoms with Crippen LogP contribution in [0.2, 0.25) is 0 Å². The number of fused-ring (bicyclic) bond motifs is 1. The zero-order chi connectivity index (χ0) is 28.8. The summed E-state index contributed by atoms with van der Waals surface area (Å²) in [5.74, 6) is -1.66. The van der Waals surface area contributed by atoms with Gasteiger partial charge in [0.15, 0.2) is 12.0 Å². The number of benzene rings is 2. The van der Waals surface area contributed by atoms with Crippen molar-refractivity contribution >= 4 is 23.0 Å². The zero-order valence-corrected chi connectivity index (χ0v) is 22.1. The van der Waals surface area contributed by atoms with E-state index in [4.69, 9.17) is 10.5 Å². The summed E-state index contributed by atoms with van der Waals surface area (Å²) in [5, 5.41) is 13.1. The molecule has 4 N–H and O–H groups in total. The van der Waals surface area contributed by atoms with Crippen LogP contribution in [0.1, 0.15) is 27.0 Å². The fraction of sp³-hybridized carbons (Fsp3) is 0.241. The number of amides is 2. The van der Waals surface area contributed by atoms with E-state index in [2.05, 4.69) is 10.3 Å². The number of nitrogens with zero attached hydrogens (tertiary/aromatic N) is 3. The predicted octanol–water partition coefficient (Wildman–Crippen LogP) is 2.79. The molecule has 0 aliphatic carbocycles. The van der Waals surface area contributed by atoms with Gasteiger partial charge in [-0.2, -0.15) is 0 Å². The molecule has 1 unspecified atom stereocenters. The number of nitrogens with one attached hydrogen (secondary N) is 1. The van der Waals surface area contributed by atoms with Crippen molar-refractivity contribution in [2.75, 3.05) is 20.6 Å². The Labute approximate surface area is 229 Å². The number of carbonyl (C=O) groups is 2. The summed E-state index contributed by atoms with van der Waals surface area (Å²) < 4.78 is 20.0. The van der Waals surface area contributed by atoms with E-state index in [1.54, 1.807) is 18.2 Å². The number of ether oxygens (including phenoxy) is 1. The Hall–Kier alpha value is -4.77. The molecule has 208 valence electrons. The minimum absolute atomic E-state index is 0.0270. The second kappa shape index (κ2) is 12.4. The molecule has 40 heavy (non-hydrogen) atoms. The third-order valence-electron chi connectivity index (χ3n) is 6.41. The summed E-state index contributed by atoms with van der Waals surface area (Å²) in [5.41, 5.74) is 7.55. The standard InChI is InChI=1S/C29H30FN5O5/c1-32-27(37)24-26(36)25-22(15-20(17-33-25)14-19-8-10-21(30)11-9-19)35(28(24)38)13-12-34(2)29(39)40-23(31)16-18-6-4-3-5-7-18/h3-11,15,17,23,36H,12-14,16,31H2,1-2H3,(H,32,37). The van der Waals surface area contributed by atoms with Crippen LogP contribution >= 0.6 is 0 Å². The topological polar surface area (TPSA) is 140 Å². The maximum atomic E-state index is 13.4. The Morgan fingerprint density at radius 3 is 2.50 bits per heavy atom. The minimum Gasteiger partial charge on any atom is -0.505 e. The van der Waals surface area contributed by atoms with Gasteiger partial charge in [-0.3, -0.25) is 20.3 Å². The van der Waals surface area contributed by atoms with Crippen LogP contribution < -0.4 is 16.6 Å². The number of nitrogens with two attached hydrogens (primary N) is 1. The molecule has 0 saturated carbocycles. The molecule has 0 fully saturated rings. The van der Waals surface area contributed by atoms with E-state index in [1.165, 1.54) is 41.9 Å². The van der Waals surface area contributed by atoms with Gasteiger partial charge >= 0.3 is 6.09 Å². The highest BCUT2D eigenvalue weighted by atomic mass is 19.1. The number of hydrogen-bond donors (Lipinski definition) is 3. The van der Waals surface area contributed by atoms with Crippen LogP contribution in [0.3, 0.4) is 0 Å². The molecule has 10 nitrogen and oxygen atoms in total. The van der Waals surface area contributed by atoms with Gasteiger partial charge < -0.3 is 24.6 Å². The molecular weight excluding hydrogens is 517 g/mol. The van der Waals surface area contributed by atoms with Crippen molar-refractivity contribution < 1.29 is 23.8 Å². The van der Waals surface area contributed by atoms with E-state index in [9.17, 15) is 23.9 Å². The first kappa shape index (κ1) is 28.2. The summed E-state index contributed by atoms with van der Waals surface area (Å²) in [6.45, 7) is 0.00680. The van der Waals surface area contributed by atoms with Gasteiger partial charge in [-0.1, -0.05) is 42.5 Å². The van der Waals surface area contributed by atoms with E-state index in [0.29, 0.717) is 18.4 Å². The molecule has 2 heterocycles. The number of pyridine rings is 2. The Morgan fingerprint density at radius 1 is 1.12 bits per heavy atom. The maximum Gasteiger partial charge on any atom is 0.411 e. The van der Waals surface area contributed by atoms with Gasteiger partial charge in [0.1, 0.15) is 16.9 Å². The molecule has 0 saturated heterocycles. The highest BCUT2D eigenvalue weighted by Gasteiger charge is 2.23. The molecule has 4 aromatic rings. The molecule has 1 atom stereocenters. The van der Waals surface area contributed by atoms with Crippen molar-refractivity contribution in [1.82, 2.24) is 19.8 Å². The molecule has 2 aromatic heterocycles. The number of rotatable bonds is 9. The average Bonchev–Trinajstić information content (AvgIpc) is 2.94. The van der Waals surface area contributed by atoms with E-state index in [-0.39, 0.29) is 29.9 Å². The van der Waals surface area contributed by atoms with Crippen LogP contribution in [0, 0.1) is 5.82 Å². The molecule has 2 aromatic carbocycles. The van der Waals surface area contributed by atoms with Gasteiger partial charge in [0.05, 0.1) is 5.52 Å². The number of likely N-dealkylation sites (N-methyl/N-ethyl adjacent to an activating group) is 1. The molecule has 4 rings (SSSR count). The highest BCUT2D eigenvalue weighted by molar-refractivity contribution is 6.01. The van der Waals surface area contributed by atoms with Gasteiger partial charge in [-0.15, -0.1) is 0 Å². The lowest BCUT2D eigenvalue weighted by atomic mass is 10.1. The normalized spacial score (nSPS) is 11.7. The minimum atomic E-state index is -0.868. The lowest BCUT2D eigenvalue weighted by molar-refractivity contribution is 0.0710. The van der Waals surface area contributed by atoms with Crippen molar-refractivity contribution in [2.24, 2.45) is 5.73 Å². The summed E-state index contributed by atoms with van der Waals surface area (Å²) in [6.07, 6.45) is 0.696. The number of hydrogen-bond acceptors (Lipinski definition) is 7. The smallest absolute Gasteiger partial charge is 0.411 e. The SMILES string of the molecule is CNC(=O)c1c(O)c2ncc(Cc3ccc(F)cc3)cc2n(CCN(C)C(=O)OC(N)Cc2ccccc2)c1=O. The Balaban J connectivity index is 1.59.